The molecule has 0 unspecified atom stereocenters. The van der Waals surface area contributed by atoms with Crippen molar-refractivity contribution in [2.45, 2.75) is 56.0 Å². The Labute approximate surface area is 237 Å². The topological polar surface area (TPSA) is 171 Å². The van der Waals surface area contributed by atoms with Crippen molar-refractivity contribution in [3.8, 4) is 5.75 Å². The fourth-order valence-corrected chi connectivity index (χ4v) is 6.55. The maximum atomic E-state index is 13.7. The maximum absolute atomic E-state index is 13.7. The average Bonchev–Trinajstić information content (AvgIpc) is 3.49. The quantitative estimate of drug-likeness (QED) is 0.395. The lowest BCUT2D eigenvalue weighted by atomic mass is 9.97. The lowest BCUT2D eigenvalue weighted by Crippen LogP contribution is -2.54. The molecule has 0 spiro atoms. The molecule has 2 aliphatic heterocycles. The molecular weight excluding hydrogens is 554 g/mol. The number of carbonyl (C=O) groups is 4. The first-order valence-corrected chi connectivity index (χ1v) is 14.8. The third kappa shape index (κ3) is 7.03. The summed E-state index contributed by atoms with van der Waals surface area (Å²) >= 11 is 0. The van der Waals surface area contributed by atoms with E-state index in [2.05, 4.69) is 5.32 Å². The standard InChI is InChI=1S/C28H33N3O9S/c1-18-4-10-22(11-5-18)41(38,39)31(25(32)23-3-2-14-29-23)24(27(35)36)17-19-6-8-21(9-7-19)40-28(37)30-15-12-20(13-16-30)26(33)34/h4-11,20,23-24,29H,2-3,12-17H2,1H3,(H,33,34)(H,35,36)/t23-,24-/m0/s1. The number of likely N-dealkylation sites (tertiary alicyclic amines) is 1. The Hall–Kier alpha value is -3.97. The third-order valence-electron chi connectivity index (χ3n) is 7.38. The zero-order chi connectivity index (χ0) is 29.7. The van der Waals surface area contributed by atoms with E-state index in [9.17, 15) is 32.7 Å². The Kier molecular flexibility index (Phi) is 9.28. The highest BCUT2D eigenvalue weighted by Crippen LogP contribution is 2.25. The van der Waals surface area contributed by atoms with Gasteiger partial charge in [-0.25, -0.2) is 22.3 Å². The van der Waals surface area contributed by atoms with E-state index in [1.54, 1.807) is 19.1 Å². The van der Waals surface area contributed by atoms with Gasteiger partial charge < -0.3 is 25.2 Å². The molecule has 3 N–H and O–H groups in total. The normalized spacial score (nSPS) is 18.5. The summed E-state index contributed by atoms with van der Waals surface area (Å²) < 4.78 is 33.2. The summed E-state index contributed by atoms with van der Waals surface area (Å²) in [5.74, 6) is -3.51. The van der Waals surface area contributed by atoms with Crippen LogP contribution in [0.15, 0.2) is 53.4 Å². The first-order valence-electron chi connectivity index (χ1n) is 13.4. The summed E-state index contributed by atoms with van der Waals surface area (Å²) in [4.78, 5) is 50.8. The molecule has 0 bridgehead atoms. The number of benzene rings is 2. The van der Waals surface area contributed by atoms with Gasteiger partial charge in [-0.15, -0.1) is 0 Å². The summed E-state index contributed by atoms with van der Waals surface area (Å²) in [6, 6.07) is 9.22. The van der Waals surface area contributed by atoms with E-state index in [0.29, 0.717) is 42.1 Å². The lowest BCUT2D eigenvalue weighted by molar-refractivity contribution is -0.146. The van der Waals surface area contributed by atoms with Gasteiger partial charge in [0.15, 0.2) is 0 Å². The van der Waals surface area contributed by atoms with E-state index in [4.69, 9.17) is 9.84 Å². The molecule has 0 aliphatic carbocycles. The van der Waals surface area contributed by atoms with Crippen LogP contribution in [-0.2, 0) is 30.8 Å². The molecule has 12 nitrogen and oxygen atoms in total. The fourth-order valence-electron chi connectivity index (χ4n) is 4.97. The van der Waals surface area contributed by atoms with Gasteiger partial charge >= 0.3 is 18.0 Å². The number of amides is 2. The zero-order valence-corrected chi connectivity index (χ0v) is 23.4. The average molecular weight is 588 g/mol. The van der Waals surface area contributed by atoms with Gasteiger partial charge in [-0.2, -0.15) is 0 Å². The minimum absolute atomic E-state index is 0.182. The molecule has 2 atom stereocenters. The van der Waals surface area contributed by atoms with Crippen LogP contribution >= 0.6 is 0 Å². The second-order valence-corrected chi connectivity index (χ2v) is 12.1. The van der Waals surface area contributed by atoms with Gasteiger partial charge in [-0.1, -0.05) is 29.8 Å². The lowest BCUT2D eigenvalue weighted by Gasteiger charge is -2.30. The van der Waals surface area contributed by atoms with Crippen molar-refractivity contribution in [3.63, 3.8) is 0 Å². The van der Waals surface area contributed by atoms with Crippen molar-refractivity contribution in [1.29, 1.82) is 0 Å². The molecule has 2 fully saturated rings. The second kappa shape index (κ2) is 12.7. The van der Waals surface area contributed by atoms with Gasteiger partial charge in [0, 0.05) is 19.5 Å². The number of ether oxygens (including phenoxy) is 1. The van der Waals surface area contributed by atoms with Crippen LogP contribution in [0.25, 0.3) is 0 Å². The minimum atomic E-state index is -4.51. The smallest absolute Gasteiger partial charge is 0.415 e. The first-order chi connectivity index (χ1) is 19.5. The molecule has 4 rings (SSSR count). The van der Waals surface area contributed by atoms with E-state index in [1.807, 2.05) is 0 Å². The molecule has 13 heteroatoms. The number of hydrogen-bond donors (Lipinski definition) is 3. The Morgan fingerprint density at radius 2 is 1.63 bits per heavy atom. The summed E-state index contributed by atoms with van der Waals surface area (Å²) in [6.45, 7) is 2.81. The van der Waals surface area contributed by atoms with Crippen molar-refractivity contribution in [1.82, 2.24) is 14.5 Å². The summed E-state index contributed by atoms with van der Waals surface area (Å²) in [5, 5.41) is 22.2. The Morgan fingerprint density at radius 3 is 2.17 bits per heavy atom. The molecule has 0 saturated carbocycles. The number of sulfonamides is 1. The Balaban J connectivity index is 1.52. The van der Waals surface area contributed by atoms with Gasteiger partial charge in [-0.05, 0) is 69.0 Å². The number of rotatable bonds is 9. The Bertz CT molecular complexity index is 1380. The molecule has 41 heavy (non-hydrogen) atoms. The molecule has 2 aromatic rings. The number of piperidine rings is 1. The summed E-state index contributed by atoms with van der Waals surface area (Å²) in [6.07, 6.45) is 0.767. The van der Waals surface area contributed by atoms with E-state index in [-0.39, 0.29) is 30.2 Å². The number of carboxylic acids is 2. The number of carboxylic acid groups (broad SMARTS) is 2. The SMILES string of the molecule is Cc1ccc(S(=O)(=O)N(C(=O)[C@@H]2CCCN2)[C@@H](Cc2ccc(OC(=O)N3CCC(C(=O)O)CC3)cc2)C(=O)O)cc1. The van der Waals surface area contributed by atoms with Gasteiger partial charge in [-0.3, -0.25) is 9.59 Å². The first kappa shape index (κ1) is 30.0. The molecule has 0 radical (unpaired) electrons. The predicted octanol–water partition coefficient (Wildman–Crippen LogP) is 2.26. The largest absolute Gasteiger partial charge is 0.481 e. The van der Waals surface area contributed by atoms with Crippen LogP contribution in [0.5, 0.6) is 5.75 Å². The maximum Gasteiger partial charge on any atom is 0.415 e. The highest BCUT2D eigenvalue weighted by atomic mass is 32.2. The van der Waals surface area contributed by atoms with Crippen molar-refractivity contribution < 1.29 is 42.5 Å². The highest BCUT2D eigenvalue weighted by Gasteiger charge is 2.43. The van der Waals surface area contributed by atoms with Gasteiger partial charge in [0.25, 0.3) is 15.9 Å². The van der Waals surface area contributed by atoms with Crippen LogP contribution in [0.4, 0.5) is 4.79 Å². The van der Waals surface area contributed by atoms with Crippen LogP contribution < -0.4 is 10.1 Å². The highest BCUT2D eigenvalue weighted by molar-refractivity contribution is 7.89. The van der Waals surface area contributed by atoms with Crippen molar-refractivity contribution >= 4 is 34.0 Å². The molecule has 2 heterocycles. The second-order valence-electron chi connectivity index (χ2n) is 10.3. The molecular formula is C28H33N3O9S. The van der Waals surface area contributed by atoms with Crippen LogP contribution in [-0.4, -0.2) is 83.5 Å². The molecule has 0 aromatic heterocycles. The Morgan fingerprint density at radius 1 is 1.00 bits per heavy atom. The molecule has 220 valence electrons. The van der Waals surface area contributed by atoms with Crippen LogP contribution in [0.3, 0.4) is 0 Å². The molecule has 2 aliphatic rings. The molecule has 2 aromatic carbocycles. The summed E-state index contributed by atoms with van der Waals surface area (Å²) in [7, 11) is -4.51. The van der Waals surface area contributed by atoms with E-state index < -0.39 is 52.0 Å². The number of nitrogens with zero attached hydrogens (tertiary/aromatic N) is 2. The van der Waals surface area contributed by atoms with Gasteiger partial charge in [0.05, 0.1) is 16.9 Å². The van der Waals surface area contributed by atoms with Crippen LogP contribution in [0.2, 0.25) is 0 Å². The van der Waals surface area contributed by atoms with Crippen LogP contribution in [0, 0.1) is 12.8 Å². The number of nitrogens with one attached hydrogen (secondary N) is 1. The van der Waals surface area contributed by atoms with Crippen molar-refractivity contribution in [2.75, 3.05) is 19.6 Å². The zero-order valence-electron chi connectivity index (χ0n) is 22.6. The van der Waals surface area contributed by atoms with E-state index >= 15 is 0 Å². The van der Waals surface area contributed by atoms with Gasteiger partial charge in [0.1, 0.15) is 11.8 Å². The summed E-state index contributed by atoms with van der Waals surface area (Å²) in [5.41, 5.74) is 1.22. The van der Waals surface area contributed by atoms with Crippen LogP contribution in [0.1, 0.15) is 36.8 Å². The number of hydrogen-bond acceptors (Lipinski definition) is 8. The van der Waals surface area contributed by atoms with E-state index in [0.717, 1.165) is 5.56 Å². The fraction of sp³-hybridized carbons (Fsp3) is 0.429. The predicted molar refractivity (Wildman–Crippen MR) is 146 cm³/mol. The molecule has 2 saturated heterocycles. The van der Waals surface area contributed by atoms with E-state index in [1.165, 1.54) is 41.3 Å². The van der Waals surface area contributed by atoms with Crippen molar-refractivity contribution in [2.24, 2.45) is 5.92 Å². The van der Waals surface area contributed by atoms with Gasteiger partial charge in [0.2, 0.25) is 0 Å². The van der Waals surface area contributed by atoms with Crippen molar-refractivity contribution in [3.05, 3.63) is 59.7 Å². The number of aliphatic carboxylic acids is 2. The monoisotopic (exact) mass is 587 g/mol. The number of aryl methyl sites for hydroxylation is 1. The number of carbonyl (C=O) groups excluding carboxylic acids is 2. The minimum Gasteiger partial charge on any atom is -0.481 e. The molecule has 2 amide bonds. The third-order valence-corrected chi connectivity index (χ3v) is 9.20.